The van der Waals surface area contributed by atoms with E-state index in [4.69, 9.17) is 0 Å². The largest absolute Gasteiger partial charge is 0.314 e. The Balaban J connectivity index is 2.04. The van der Waals surface area contributed by atoms with Crippen LogP contribution in [-0.4, -0.2) is 24.1 Å². The third kappa shape index (κ3) is 3.46. The van der Waals surface area contributed by atoms with Crippen LogP contribution < -0.4 is 5.32 Å². The van der Waals surface area contributed by atoms with E-state index in [2.05, 4.69) is 12.2 Å². The maximum Gasteiger partial charge on any atom is 0.126 e. The molecule has 0 aliphatic carbocycles. The molecule has 2 unspecified atom stereocenters. The van der Waals surface area contributed by atoms with E-state index in [1.54, 1.807) is 12.1 Å². The average Bonchev–Trinajstić information content (AvgIpc) is 2.85. The van der Waals surface area contributed by atoms with Gasteiger partial charge in [-0.2, -0.15) is 11.8 Å². The summed E-state index contributed by atoms with van der Waals surface area (Å²) in [6.45, 7) is 3.08. The second kappa shape index (κ2) is 6.41. The zero-order valence-electron chi connectivity index (χ0n) is 10.3. The molecule has 1 heterocycles. The lowest BCUT2D eigenvalue weighted by Gasteiger charge is -2.24. The van der Waals surface area contributed by atoms with E-state index in [9.17, 15) is 4.39 Å². The standard InChI is InChI=1S/C14H20FNS/c1-2-16-14(12-7-8-17-10-12)9-11-5-3-4-6-13(11)15/h3-6,12,14,16H,2,7-10H2,1H3. The summed E-state index contributed by atoms with van der Waals surface area (Å²) in [5.41, 5.74) is 0.843. The molecule has 17 heavy (non-hydrogen) atoms. The molecule has 0 saturated carbocycles. The molecule has 1 nitrogen and oxygen atoms in total. The lowest BCUT2D eigenvalue weighted by molar-refractivity contribution is 0.382. The van der Waals surface area contributed by atoms with Crippen LogP contribution in [0.15, 0.2) is 24.3 Å². The fourth-order valence-corrected chi connectivity index (χ4v) is 3.78. The number of hydrogen-bond donors (Lipinski definition) is 1. The molecule has 2 rings (SSSR count). The normalized spacial score (nSPS) is 21.6. The van der Waals surface area contributed by atoms with E-state index in [0.717, 1.165) is 18.5 Å². The lowest BCUT2D eigenvalue weighted by atomic mass is 9.93. The van der Waals surface area contributed by atoms with Gasteiger partial charge in [0.15, 0.2) is 0 Å². The maximum absolute atomic E-state index is 13.6. The third-order valence-electron chi connectivity index (χ3n) is 3.40. The molecular weight excluding hydrogens is 233 g/mol. The topological polar surface area (TPSA) is 12.0 Å². The first-order chi connectivity index (χ1) is 8.31. The van der Waals surface area contributed by atoms with Crippen LogP contribution >= 0.6 is 11.8 Å². The van der Waals surface area contributed by atoms with E-state index >= 15 is 0 Å². The van der Waals surface area contributed by atoms with Crippen molar-refractivity contribution in [1.29, 1.82) is 0 Å². The van der Waals surface area contributed by atoms with Crippen LogP contribution in [0.1, 0.15) is 18.9 Å². The molecule has 1 saturated heterocycles. The second-order valence-corrected chi connectivity index (χ2v) is 5.73. The summed E-state index contributed by atoms with van der Waals surface area (Å²) in [5.74, 6) is 3.09. The van der Waals surface area contributed by atoms with Crippen molar-refractivity contribution < 1.29 is 4.39 Å². The highest BCUT2D eigenvalue weighted by Gasteiger charge is 2.25. The molecule has 0 aromatic heterocycles. The summed E-state index contributed by atoms with van der Waals surface area (Å²) < 4.78 is 13.6. The van der Waals surface area contributed by atoms with Crippen molar-refractivity contribution in [2.75, 3.05) is 18.1 Å². The number of hydrogen-bond acceptors (Lipinski definition) is 2. The van der Waals surface area contributed by atoms with E-state index in [1.165, 1.54) is 17.9 Å². The zero-order valence-corrected chi connectivity index (χ0v) is 11.1. The van der Waals surface area contributed by atoms with Crippen molar-refractivity contribution >= 4 is 11.8 Å². The predicted molar refractivity (Wildman–Crippen MR) is 73.0 cm³/mol. The van der Waals surface area contributed by atoms with Gasteiger partial charge in [-0.15, -0.1) is 0 Å². The van der Waals surface area contributed by atoms with Crippen molar-refractivity contribution in [1.82, 2.24) is 5.32 Å². The quantitative estimate of drug-likeness (QED) is 0.865. The Hall–Kier alpha value is -0.540. The molecule has 0 spiro atoms. The molecule has 0 amide bonds. The molecule has 1 N–H and O–H groups in total. The van der Waals surface area contributed by atoms with E-state index in [-0.39, 0.29) is 5.82 Å². The highest BCUT2D eigenvalue weighted by molar-refractivity contribution is 7.99. The Bertz CT molecular complexity index is 350. The first-order valence-electron chi connectivity index (χ1n) is 6.35. The van der Waals surface area contributed by atoms with Crippen LogP contribution in [-0.2, 0) is 6.42 Å². The minimum absolute atomic E-state index is 0.0685. The lowest BCUT2D eigenvalue weighted by Crippen LogP contribution is -2.38. The van der Waals surface area contributed by atoms with Crippen LogP contribution in [0, 0.1) is 11.7 Å². The Morgan fingerprint density at radius 3 is 2.94 bits per heavy atom. The van der Waals surface area contributed by atoms with Gasteiger partial charge in [-0.05, 0) is 48.4 Å². The highest BCUT2D eigenvalue weighted by atomic mass is 32.2. The third-order valence-corrected chi connectivity index (χ3v) is 4.59. The van der Waals surface area contributed by atoms with Crippen molar-refractivity contribution in [2.24, 2.45) is 5.92 Å². The molecule has 3 heteroatoms. The molecule has 1 aliphatic rings. The summed E-state index contributed by atoms with van der Waals surface area (Å²) in [6, 6.07) is 7.56. The number of thioether (sulfide) groups is 1. The van der Waals surface area contributed by atoms with Gasteiger partial charge in [-0.3, -0.25) is 0 Å². The van der Waals surface area contributed by atoms with Gasteiger partial charge >= 0.3 is 0 Å². The second-order valence-electron chi connectivity index (χ2n) is 4.58. The zero-order chi connectivity index (χ0) is 12.1. The molecule has 0 bridgehead atoms. The SMILES string of the molecule is CCNC(Cc1ccccc1F)C1CCSC1. The summed E-state index contributed by atoms with van der Waals surface area (Å²) in [6.07, 6.45) is 2.07. The van der Waals surface area contributed by atoms with Gasteiger partial charge in [0.05, 0.1) is 0 Å². The number of rotatable bonds is 5. The van der Waals surface area contributed by atoms with Gasteiger partial charge in [0, 0.05) is 6.04 Å². The fourth-order valence-electron chi connectivity index (χ4n) is 2.44. The molecule has 1 aliphatic heterocycles. The summed E-state index contributed by atoms with van der Waals surface area (Å²) in [5, 5.41) is 3.52. The maximum atomic E-state index is 13.6. The van der Waals surface area contributed by atoms with Gasteiger partial charge in [-0.1, -0.05) is 25.1 Å². The molecule has 0 radical (unpaired) electrons. The Morgan fingerprint density at radius 2 is 2.29 bits per heavy atom. The van der Waals surface area contributed by atoms with Gasteiger partial charge in [0.1, 0.15) is 5.82 Å². The molecule has 2 atom stereocenters. The van der Waals surface area contributed by atoms with Gasteiger partial charge in [-0.25, -0.2) is 4.39 Å². The first kappa shape index (κ1) is 12.9. The number of nitrogens with one attached hydrogen (secondary N) is 1. The number of halogens is 1. The molecule has 1 aromatic rings. The van der Waals surface area contributed by atoms with Crippen molar-refractivity contribution in [3.63, 3.8) is 0 Å². The van der Waals surface area contributed by atoms with E-state index < -0.39 is 0 Å². The first-order valence-corrected chi connectivity index (χ1v) is 7.51. The van der Waals surface area contributed by atoms with E-state index in [1.807, 2.05) is 23.9 Å². The number of benzene rings is 1. The Labute approximate surface area is 107 Å². The summed E-state index contributed by atoms with van der Waals surface area (Å²) >= 11 is 2.02. The molecule has 1 fully saturated rings. The summed E-state index contributed by atoms with van der Waals surface area (Å²) in [7, 11) is 0. The van der Waals surface area contributed by atoms with Crippen LogP contribution in [0.4, 0.5) is 4.39 Å². The van der Waals surface area contributed by atoms with Gasteiger partial charge in [0.2, 0.25) is 0 Å². The Kier molecular flexibility index (Phi) is 4.86. The minimum Gasteiger partial charge on any atom is -0.314 e. The minimum atomic E-state index is -0.0685. The number of likely N-dealkylation sites (N-methyl/N-ethyl adjacent to an activating group) is 1. The van der Waals surface area contributed by atoms with Crippen LogP contribution in [0.25, 0.3) is 0 Å². The smallest absolute Gasteiger partial charge is 0.126 e. The average molecular weight is 253 g/mol. The van der Waals surface area contributed by atoms with Crippen molar-refractivity contribution in [3.05, 3.63) is 35.6 Å². The van der Waals surface area contributed by atoms with Crippen LogP contribution in [0.2, 0.25) is 0 Å². The summed E-state index contributed by atoms with van der Waals surface area (Å²) in [4.78, 5) is 0. The monoisotopic (exact) mass is 253 g/mol. The molecule has 1 aromatic carbocycles. The highest BCUT2D eigenvalue weighted by Crippen LogP contribution is 2.28. The fraction of sp³-hybridized carbons (Fsp3) is 0.571. The predicted octanol–water partition coefficient (Wildman–Crippen LogP) is 3.10. The van der Waals surface area contributed by atoms with Crippen LogP contribution in [0.5, 0.6) is 0 Å². The Morgan fingerprint density at radius 1 is 1.47 bits per heavy atom. The van der Waals surface area contributed by atoms with Crippen LogP contribution in [0.3, 0.4) is 0 Å². The molecular formula is C14H20FNS. The van der Waals surface area contributed by atoms with Crippen molar-refractivity contribution in [2.45, 2.75) is 25.8 Å². The molecule has 94 valence electrons. The van der Waals surface area contributed by atoms with Gasteiger partial charge < -0.3 is 5.32 Å². The van der Waals surface area contributed by atoms with Crippen molar-refractivity contribution in [3.8, 4) is 0 Å². The van der Waals surface area contributed by atoms with Gasteiger partial charge in [0.25, 0.3) is 0 Å². The van der Waals surface area contributed by atoms with E-state index in [0.29, 0.717) is 12.0 Å².